The molecular formula is C15H20ClN3O2. The molecule has 1 aromatic heterocycles. The van der Waals surface area contributed by atoms with Crippen molar-refractivity contribution in [2.75, 3.05) is 6.54 Å². The van der Waals surface area contributed by atoms with Gasteiger partial charge in [-0.25, -0.2) is 0 Å². The first kappa shape index (κ1) is 17.2. The summed E-state index contributed by atoms with van der Waals surface area (Å²) in [5.74, 6) is 0.607. The number of hydrogen-bond donors (Lipinski definition) is 2. The van der Waals surface area contributed by atoms with Crippen LogP contribution < -0.4 is 11.1 Å². The second-order valence-electron chi connectivity index (χ2n) is 4.80. The van der Waals surface area contributed by atoms with E-state index in [1.165, 1.54) is 0 Å². The van der Waals surface area contributed by atoms with E-state index >= 15 is 0 Å². The molecule has 0 bridgehead atoms. The Balaban J connectivity index is 0.00000220. The number of halogens is 1. The van der Waals surface area contributed by atoms with Gasteiger partial charge in [-0.2, -0.15) is 0 Å². The number of nitrogens with one attached hydrogen (secondary N) is 1. The van der Waals surface area contributed by atoms with Crippen molar-refractivity contribution in [1.29, 1.82) is 0 Å². The van der Waals surface area contributed by atoms with Crippen LogP contribution in [0.25, 0.3) is 0 Å². The van der Waals surface area contributed by atoms with Gasteiger partial charge in [0.25, 0.3) is 0 Å². The number of amides is 1. The van der Waals surface area contributed by atoms with Gasteiger partial charge in [-0.3, -0.25) is 4.79 Å². The Morgan fingerprint density at radius 3 is 2.57 bits per heavy atom. The highest BCUT2D eigenvalue weighted by molar-refractivity contribution is 5.85. The third-order valence-electron chi connectivity index (χ3n) is 3.27. The van der Waals surface area contributed by atoms with E-state index in [0.29, 0.717) is 12.3 Å². The van der Waals surface area contributed by atoms with Crippen molar-refractivity contribution in [2.24, 2.45) is 5.73 Å². The Morgan fingerprint density at radius 1 is 1.33 bits per heavy atom. The molecule has 21 heavy (non-hydrogen) atoms. The van der Waals surface area contributed by atoms with Gasteiger partial charge < -0.3 is 15.6 Å². The van der Waals surface area contributed by atoms with Gasteiger partial charge in [0.2, 0.25) is 5.91 Å². The lowest BCUT2D eigenvalue weighted by Crippen LogP contribution is -2.33. The molecule has 2 rings (SSSR count). The van der Waals surface area contributed by atoms with E-state index in [2.05, 4.69) is 10.5 Å². The average Bonchev–Trinajstić information content (AvgIpc) is 2.77. The lowest BCUT2D eigenvalue weighted by atomic mass is 10.1. The molecule has 1 atom stereocenters. The van der Waals surface area contributed by atoms with E-state index in [4.69, 9.17) is 10.3 Å². The lowest BCUT2D eigenvalue weighted by Gasteiger charge is -2.13. The van der Waals surface area contributed by atoms with Crippen LogP contribution in [0.2, 0.25) is 0 Å². The van der Waals surface area contributed by atoms with Crippen LogP contribution in [0, 0.1) is 13.8 Å². The highest BCUT2D eigenvalue weighted by Crippen LogP contribution is 2.13. The molecule has 114 valence electrons. The lowest BCUT2D eigenvalue weighted by molar-refractivity contribution is -0.120. The molecule has 1 heterocycles. The Kier molecular flexibility index (Phi) is 6.39. The number of hydrogen-bond acceptors (Lipinski definition) is 4. The van der Waals surface area contributed by atoms with Crippen LogP contribution >= 0.6 is 12.4 Å². The smallest absolute Gasteiger partial charge is 0.224 e. The first-order chi connectivity index (χ1) is 9.58. The van der Waals surface area contributed by atoms with Crippen LogP contribution in [0.5, 0.6) is 0 Å². The number of benzene rings is 1. The van der Waals surface area contributed by atoms with Crippen LogP contribution in [0.4, 0.5) is 0 Å². The molecule has 1 aromatic carbocycles. The molecule has 6 heteroatoms. The summed E-state index contributed by atoms with van der Waals surface area (Å²) >= 11 is 0. The van der Waals surface area contributed by atoms with Crippen LogP contribution in [-0.4, -0.2) is 17.6 Å². The van der Waals surface area contributed by atoms with E-state index in [1.54, 1.807) is 6.92 Å². The highest BCUT2D eigenvalue weighted by atomic mass is 35.5. The predicted octanol–water partition coefficient (Wildman–Crippen LogP) is 2.07. The van der Waals surface area contributed by atoms with Crippen molar-refractivity contribution in [3.8, 4) is 0 Å². The maximum atomic E-state index is 11.9. The van der Waals surface area contributed by atoms with Gasteiger partial charge in [-0.1, -0.05) is 35.5 Å². The zero-order valence-corrected chi connectivity index (χ0v) is 12.9. The molecule has 0 aliphatic heterocycles. The summed E-state index contributed by atoms with van der Waals surface area (Å²) in [5.41, 5.74) is 8.63. The monoisotopic (exact) mass is 309 g/mol. The van der Waals surface area contributed by atoms with E-state index in [9.17, 15) is 4.79 Å². The van der Waals surface area contributed by atoms with Crippen molar-refractivity contribution in [3.63, 3.8) is 0 Å². The molecule has 0 aliphatic rings. The summed E-state index contributed by atoms with van der Waals surface area (Å²) in [7, 11) is 0. The number of carbonyl (C=O) groups is 1. The molecular weight excluding hydrogens is 290 g/mol. The van der Waals surface area contributed by atoms with Crippen molar-refractivity contribution >= 4 is 18.3 Å². The second-order valence-corrected chi connectivity index (χ2v) is 4.80. The Labute approximate surface area is 130 Å². The minimum atomic E-state index is -0.204. The maximum absolute atomic E-state index is 11.9. The minimum absolute atomic E-state index is 0. The topological polar surface area (TPSA) is 81.2 Å². The molecule has 0 saturated heterocycles. The summed E-state index contributed by atoms with van der Waals surface area (Å²) < 4.78 is 5.04. The van der Waals surface area contributed by atoms with Crippen LogP contribution in [-0.2, 0) is 11.2 Å². The van der Waals surface area contributed by atoms with Gasteiger partial charge in [0.05, 0.1) is 12.1 Å². The van der Waals surface area contributed by atoms with E-state index in [1.807, 2.05) is 37.3 Å². The number of rotatable bonds is 5. The van der Waals surface area contributed by atoms with Crippen molar-refractivity contribution in [3.05, 3.63) is 52.9 Å². The van der Waals surface area contributed by atoms with Gasteiger partial charge in [0.1, 0.15) is 5.76 Å². The number of nitrogens with two attached hydrogens (primary N) is 1. The molecule has 3 N–H and O–H groups in total. The first-order valence-corrected chi connectivity index (χ1v) is 6.57. The fourth-order valence-corrected chi connectivity index (χ4v) is 2.02. The second kappa shape index (κ2) is 7.81. The predicted molar refractivity (Wildman–Crippen MR) is 83.3 cm³/mol. The van der Waals surface area contributed by atoms with Crippen LogP contribution in [0.1, 0.15) is 28.6 Å². The van der Waals surface area contributed by atoms with Gasteiger partial charge >= 0.3 is 0 Å². The van der Waals surface area contributed by atoms with Crippen molar-refractivity contribution in [1.82, 2.24) is 10.5 Å². The van der Waals surface area contributed by atoms with E-state index in [-0.39, 0.29) is 30.8 Å². The number of aromatic nitrogens is 1. The van der Waals surface area contributed by atoms with E-state index < -0.39 is 0 Å². The third-order valence-corrected chi connectivity index (χ3v) is 3.27. The zero-order valence-electron chi connectivity index (χ0n) is 12.1. The minimum Gasteiger partial charge on any atom is -0.361 e. The first-order valence-electron chi connectivity index (χ1n) is 6.57. The zero-order chi connectivity index (χ0) is 14.5. The number of nitrogens with zero attached hydrogens (tertiary/aromatic N) is 1. The molecule has 0 fully saturated rings. The van der Waals surface area contributed by atoms with Gasteiger partial charge in [0, 0.05) is 18.2 Å². The molecule has 0 aliphatic carbocycles. The van der Waals surface area contributed by atoms with Crippen molar-refractivity contribution in [2.45, 2.75) is 26.3 Å². The molecule has 0 saturated carbocycles. The molecule has 5 nitrogen and oxygen atoms in total. The Hall–Kier alpha value is -1.85. The fraction of sp³-hybridized carbons (Fsp3) is 0.333. The quantitative estimate of drug-likeness (QED) is 0.886. The summed E-state index contributed by atoms with van der Waals surface area (Å²) in [6, 6.07) is 9.49. The summed E-state index contributed by atoms with van der Waals surface area (Å²) in [5, 5.41) is 6.67. The van der Waals surface area contributed by atoms with Crippen LogP contribution in [0.15, 0.2) is 34.9 Å². The average molecular weight is 310 g/mol. The Morgan fingerprint density at radius 2 is 2.00 bits per heavy atom. The summed E-state index contributed by atoms with van der Waals surface area (Å²) in [6.45, 7) is 4.04. The van der Waals surface area contributed by atoms with Crippen molar-refractivity contribution < 1.29 is 9.32 Å². The third kappa shape index (κ3) is 4.58. The largest absolute Gasteiger partial charge is 0.361 e. The van der Waals surface area contributed by atoms with Gasteiger partial charge in [-0.05, 0) is 19.4 Å². The fourth-order valence-electron chi connectivity index (χ4n) is 2.02. The molecule has 0 spiro atoms. The molecule has 1 amide bonds. The number of aryl methyl sites for hydroxylation is 2. The maximum Gasteiger partial charge on any atom is 0.224 e. The molecule has 0 radical (unpaired) electrons. The molecule has 1 unspecified atom stereocenters. The number of carbonyl (C=O) groups excluding carboxylic acids is 1. The highest BCUT2D eigenvalue weighted by Gasteiger charge is 2.14. The Bertz CT molecular complexity index is 564. The SMILES string of the molecule is Cc1noc(C)c1CC(=O)NCC(N)c1ccccc1.Cl. The normalized spacial score (nSPS) is 11.6. The molecule has 2 aromatic rings. The standard InChI is InChI=1S/C15H19N3O2.ClH/c1-10-13(11(2)20-18-10)8-15(19)17-9-14(16)12-6-4-3-5-7-12;/h3-7,14H,8-9,16H2,1-2H3,(H,17,19);1H. The summed E-state index contributed by atoms with van der Waals surface area (Å²) in [6.07, 6.45) is 0.267. The van der Waals surface area contributed by atoms with Crippen LogP contribution in [0.3, 0.4) is 0 Å². The van der Waals surface area contributed by atoms with E-state index in [0.717, 1.165) is 16.8 Å². The summed E-state index contributed by atoms with van der Waals surface area (Å²) in [4.78, 5) is 11.9. The van der Waals surface area contributed by atoms with Gasteiger partial charge in [0.15, 0.2) is 0 Å². The van der Waals surface area contributed by atoms with Gasteiger partial charge in [-0.15, -0.1) is 12.4 Å².